The summed E-state index contributed by atoms with van der Waals surface area (Å²) in [6.45, 7) is 8.82. The zero-order valence-corrected chi connectivity index (χ0v) is 9.32. The average molecular weight is 198 g/mol. The molecular weight excluding hydrogens is 176 g/mol. The quantitative estimate of drug-likeness (QED) is 0.701. The molecule has 0 aromatic rings. The first kappa shape index (κ1) is 10.4. The van der Waals surface area contributed by atoms with E-state index >= 15 is 0 Å². The molecule has 0 aromatic carbocycles. The van der Waals surface area contributed by atoms with E-state index in [1.807, 2.05) is 0 Å². The second-order valence-electron chi connectivity index (χ2n) is 4.97. The minimum Gasteiger partial charge on any atom is -0.390 e. The first-order valence-corrected chi connectivity index (χ1v) is 5.83. The normalized spacial score (nSPS) is 28.3. The lowest BCUT2D eigenvalue weighted by atomic mass is 9.98. The molecule has 2 aliphatic heterocycles. The third-order valence-corrected chi connectivity index (χ3v) is 3.64. The molecule has 2 heterocycles. The molecule has 2 saturated heterocycles. The fourth-order valence-electron chi connectivity index (χ4n) is 2.55. The fourth-order valence-corrected chi connectivity index (χ4v) is 2.55. The van der Waals surface area contributed by atoms with Gasteiger partial charge in [0.25, 0.3) is 0 Å². The van der Waals surface area contributed by atoms with Crippen LogP contribution in [0, 0.1) is 0 Å². The molecule has 0 bridgehead atoms. The Hall–Kier alpha value is -0.120. The second kappa shape index (κ2) is 4.17. The number of β-amino-alcohol motifs (C(OH)–C–C–N with tert-alkyl or cyclic N) is 1. The van der Waals surface area contributed by atoms with Gasteiger partial charge in [-0.05, 0) is 39.8 Å². The summed E-state index contributed by atoms with van der Waals surface area (Å²) in [5.74, 6) is 0. The molecule has 1 N–H and O–H groups in total. The van der Waals surface area contributed by atoms with Gasteiger partial charge in [-0.2, -0.15) is 0 Å². The van der Waals surface area contributed by atoms with Crippen molar-refractivity contribution in [2.75, 3.05) is 26.2 Å². The van der Waals surface area contributed by atoms with Crippen molar-refractivity contribution in [3.05, 3.63) is 0 Å². The second-order valence-corrected chi connectivity index (χ2v) is 4.97. The lowest BCUT2D eigenvalue weighted by molar-refractivity contribution is -0.0416. The van der Waals surface area contributed by atoms with Crippen molar-refractivity contribution in [1.82, 2.24) is 9.80 Å². The number of likely N-dealkylation sites (tertiary alicyclic amines) is 2. The summed E-state index contributed by atoms with van der Waals surface area (Å²) in [5.41, 5.74) is 0. The Morgan fingerprint density at radius 2 is 1.71 bits per heavy atom. The summed E-state index contributed by atoms with van der Waals surface area (Å²) in [7, 11) is 0. The summed E-state index contributed by atoms with van der Waals surface area (Å²) >= 11 is 0. The van der Waals surface area contributed by atoms with Gasteiger partial charge in [0, 0.05) is 25.2 Å². The van der Waals surface area contributed by atoms with Gasteiger partial charge in [-0.1, -0.05) is 0 Å². The predicted molar refractivity (Wildman–Crippen MR) is 57.3 cm³/mol. The maximum atomic E-state index is 9.24. The summed E-state index contributed by atoms with van der Waals surface area (Å²) in [6, 6.07) is 1.44. The van der Waals surface area contributed by atoms with Crippen LogP contribution in [0.25, 0.3) is 0 Å². The molecule has 0 aromatic heterocycles. The van der Waals surface area contributed by atoms with Crippen molar-refractivity contribution in [3.63, 3.8) is 0 Å². The van der Waals surface area contributed by atoms with Gasteiger partial charge in [-0.25, -0.2) is 0 Å². The maximum Gasteiger partial charge on any atom is 0.0794 e. The SMILES string of the molecule is CC(C)N1CCC(N2CC(O)C2)CC1. The first-order valence-electron chi connectivity index (χ1n) is 5.83. The summed E-state index contributed by atoms with van der Waals surface area (Å²) in [5, 5.41) is 9.24. The average Bonchev–Trinajstić information content (AvgIpc) is 2.13. The molecule has 0 aliphatic carbocycles. The van der Waals surface area contributed by atoms with Crippen LogP contribution in [0.5, 0.6) is 0 Å². The summed E-state index contributed by atoms with van der Waals surface area (Å²) < 4.78 is 0. The van der Waals surface area contributed by atoms with E-state index in [1.165, 1.54) is 25.9 Å². The molecule has 2 aliphatic rings. The first-order chi connectivity index (χ1) is 6.66. The van der Waals surface area contributed by atoms with Crippen LogP contribution in [0.4, 0.5) is 0 Å². The number of hydrogen-bond acceptors (Lipinski definition) is 3. The largest absolute Gasteiger partial charge is 0.390 e. The molecule has 0 saturated carbocycles. The molecule has 14 heavy (non-hydrogen) atoms. The Bertz CT molecular complexity index is 182. The Morgan fingerprint density at radius 3 is 2.14 bits per heavy atom. The van der Waals surface area contributed by atoms with Crippen LogP contribution in [-0.4, -0.2) is 59.3 Å². The van der Waals surface area contributed by atoms with Crippen molar-refractivity contribution in [2.45, 2.75) is 44.9 Å². The lowest BCUT2D eigenvalue weighted by Crippen LogP contribution is -2.58. The summed E-state index contributed by atoms with van der Waals surface area (Å²) in [4.78, 5) is 4.98. The monoisotopic (exact) mass is 198 g/mol. The van der Waals surface area contributed by atoms with E-state index in [-0.39, 0.29) is 6.10 Å². The Labute approximate surface area is 86.7 Å². The van der Waals surface area contributed by atoms with Crippen molar-refractivity contribution in [3.8, 4) is 0 Å². The highest BCUT2D eigenvalue weighted by molar-refractivity contribution is 4.88. The minimum atomic E-state index is -0.0434. The number of nitrogens with zero attached hydrogens (tertiary/aromatic N) is 2. The number of piperidine rings is 1. The van der Waals surface area contributed by atoms with Gasteiger partial charge in [-0.3, -0.25) is 4.90 Å². The van der Waals surface area contributed by atoms with E-state index in [4.69, 9.17) is 0 Å². The summed E-state index contributed by atoms with van der Waals surface area (Å²) in [6.07, 6.45) is 2.52. The number of aliphatic hydroxyl groups excluding tert-OH is 1. The maximum absolute atomic E-state index is 9.24. The van der Waals surface area contributed by atoms with Crippen LogP contribution < -0.4 is 0 Å². The highest BCUT2D eigenvalue weighted by atomic mass is 16.3. The van der Waals surface area contributed by atoms with Gasteiger partial charge in [0.1, 0.15) is 0 Å². The van der Waals surface area contributed by atoms with Gasteiger partial charge in [0.05, 0.1) is 6.10 Å². The molecule has 3 heteroatoms. The molecule has 0 atom stereocenters. The molecule has 2 fully saturated rings. The van der Waals surface area contributed by atoms with Crippen LogP contribution in [0.1, 0.15) is 26.7 Å². The zero-order chi connectivity index (χ0) is 10.1. The minimum absolute atomic E-state index is 0.0434. The van der Waals surface area contributed by atoms with Crippen molar-refractivity contribution in [2.24, 2.45) is 0 Å². The van der Waals surface area contributed by atoms with Crippen LogP contribution in [-0.2, 0) is 0 Å². The Morgan fingerprint density at radius 1 is 1.14 bits per heavy atom. The molecule has 3 nitrogen and oxygen atoms in total. The van der Waals surface area contributed by atoms with E-state index in [9.17, 15) is 5.11 Å². The molecule has 0 unspecified atom stereocenters. The third-order valence-electron chi connectivity index (χ3n) is 3.64. The zero-order valence-electron chi connectivity index (χ0n) is 9.32. The smallest absolute Gasteiger partial charge is 0.0794 e. The van der Waals surface area contributed by atoms with E-state index in [2.05, 4.69) is 23.6 Å². The van der Waals surface area contributed by atoms with Crippen molar-refractivity contribution >= 4 is 0 Å². The number of rotatable bonds is 2. The van der Waals surface area contributed by atoms with Gasteiger partial charge in [0.15, 0.2) is 0 Å². The van der Waals surface area contributed by atoms with Crippen LogP contribution >= 0.6 is 0 Å². The van der Waals surface area contributed by atoms with E-state index in [0.29, 0.717) is 6.04 Å². The fraction of sp³-hybridized carbons (Fsp3) is 1.00. The van der Waals surface area contributed by atoms with E-state index in [1.54, 1.807) is 0 Å². The third kappa shape index (κ3) is 2.10. The van der Waals surface area contributed by atoms with Crippen LogP contribution in [0.3, 0.4) is 0 Å². The molecular formula is C11H22N2O. The van der Waals surface area contributed by atoms with Gasteiger partial charge in [-0.15, -0.1) is 0 Å². The van der Waals surface area contributed by atoms with E-state index in [0.717, 1.165) is 19.1 Å². The molecule has 82 valence electrons. The number of hydrogen-bond donors (Lipinski definition) is 1. The molecule has 0 radical (unpaired) electrons. The highest BCUT2D eigenvalue weighted by Crippen LogP contribution is 2.22. The Balaban J connectivity index is 1.73. The molecule has 0 amide bonds. The lowest BCUT2D eigenvalue weighted by Gasteiger charge is -2.46. The predicted octanol–water partition coefficient (Wildman–Crippen LogP) is 0.536. The number of aliphatic hydroxyl groups is 1. The standard InChI is InChI=1S/C11H22N2O/c1-9(2)12-5-3-10(4-6-12)13-7-11(14)8-13/h9-11,14H,3-8H2,1-2H3. The highest BCUT2D eigenvalue weighted by Gasteiger charge is 2.33. The topological polar surface area (TPSA) is 26.7 Å². The van der Waals surface area contributed by atoms with Crippen molar-refractivity contribution in [1.29, 1.82) is 0 Å². The van der Waals surface area contributed by atoms with Gasteiger partial charge in [0.2, 0.25) is 0 Å². The van der Waals surface area contributed by atoms with Crippen molar-refractivity contribution < 1.29 is 5.11 Å². The molecule has 2 rings (SSSR count). The van der Waals surface area contributed by atoms with Crippen LogP contribution in [0.2, 0.25) is 0 Å². The Kier molecular flexibility index (Phi) is 3.10. The molecule has 0 spiro atoms. The van der Waals surface area contributed by atoms with Crippen LogP contribution in [0.15, 0.2) is 0 Å². The van der Waals surface area contributed by atoms with Gasteiger partial charge >= 0.3 is 0 Å². The van der Waals surface area contributed by atoms with E-state index < -0.39 is 0 Å². The van der Waals surface area contributed by atoms with Gasteiger partial charge < -0.3 is 10.0 Å².